The van der Waals surface area contributed by atoms with E-state index in [1.807, 2.05) is 0 Å². The van der Waals surface area contributed by atoms with Crippen LogP contribution < -0.4 is 10.1 Å². The summed E-state index contributed by atoms with van der Waals surface area (Å²) in [4.78, 5) is 16.3. The number of benzene rings is 2. The van der Waals surface area contributed by atoms with Gasteiger partial charge >= 0.3 is 6.18 Å². The molecule has 0 spiro atoms. The molecular formula is C21H18F4N2O3. The highest BCUT2D eigenvalue weighted by Gasteiger charge is 2.29. The average molecular weight is 422 g/mol. The lowest BCUT2D eigenvalue weighted by atomic mass is 10.2. The van der Waals surface area contributed by atoms with E-state index in [4.69, 9.17) is 9.15 Å². The fourth-order valence-electron chi connectivity index (χ4n) is 2.66. The first kappa shape index (κ1) is 21.4. The van der Waals surface area contributed by atoms with Gasteiger partial charge in [0.2, 0.25) is 5.91 Å². The van der Waals surface area contributed by atoms with Gasteiger partial charge in [-0.05, 0) is 36.8 Å². The van der Waals surface area contributed by atoms with Crippen molar-refractivity contribution in [2.24, 2.45) is 0 Å². The van der Waals surface area contributed by atoms with E-state index in [2.05, 4.69) is 10.3 Å². The Morgan fingerprint density at radius 1 is 1.20 bits per heavy atom. The van der Waals surface area contributed by atoms with Crippen molar-refractivity contribution in [3.8, 4) is 17.1 Å². The minimum atomic E-state index is -4.49. The summed E-state index contributed by atoms with van der Waals surface area (Å²) in [6.07, 6.45) is -3.03. The lowest BCUT2D eigenvalue weighted by Gasteiger charge is -2.14. The first-order valence-electron chi connectivity index (χ1n) is 9.01. The molecule has 0 unspecified atom stereocenters. The molecule has 0 aliphatic heterocycles. The topological polar surface area (TPSA) is 64.4 Å². The van der Waals surface area contributed by atoms with Gasteiger partial charge in [0.15, 0.2) is 18.3 Å². The summed E-state index contributed by atoms with van der Waals surface area (Å²) in [5.74, 6) is -0.505. The summed E-state index contributed by atoms with van der Waals surface area (Å²) in [5.41, 5.74) is 1.08. The largest absolute Gasteiger partial charge is 0.482 e. The number of aromatic nitrogens is 1. The van der Waals surface area contributed by atoms with Crippen molar-refractivity contribution in [1.82, 2.24) is 4.98 Å². The molecular weight excluding hydrogens is 404 g/mol. The number of alkyl halides is 3. The number of nitrogens with one attached hydrogen (secondary N) is 1. The molecule has 0 atom stereocenters. The highest BCUT2D eigenvalue weighted by atomic mass is 19.4. The fourth-order valence-corrected chi connectivity index (χ4v) is 2.66. The van der Waals surface area contributed by atoms with Gasteiger partial charge in [-0.3, -0.25) is 4.79 Å². The summed E-state index contributed by atoms with van der Waals surface area (Å²) in [6, 6.07) is 10.6. The quantitative estimate of drug-likeness (QED) is 0.525. The van der Waals surface area contributed by atoms with E-state index in [0.29, 0.717) is 5.56 Å². The standard InChI is InChI=1S/C21H18F4N2O3/c1-13-6-7-16(17(10-13)29-12-21(23,24)25)27-19(28)8-9-20-26-11-18(30-20)14-4-2-3-5-15(14)22/h2-7,10-11H,8-9,12H2,1H3,(H,27,28). The first-order chi connectivity index (χ1) is 14.2. The van der Waals surface area contributed by atoms with E-state index in [-0.39, 0.29) is 41.5 Å². The molecule has 0 saturated heterocycles. The highest BCUT2D eigenvalue weighted by molar-refractivity contribution is 5.92. The van der Waals surface area contributed by atoms with Crippen LogP contribution >= 0.6 is 0 Å². The van der Waals surface area contributed by atoms with Crippen molar-refractivity contribution in [1.29, 1.82) is 0 Å². The van der Waals surface area contributed by atoms with E-state index in [1.165, 1.54) is 24.4 Å². The van der Waals surface area contributed by atoms with Gasteiger partial charge < -0.3 is 14.5 Å². The third kappa shape index (κ3) is 5.82. The summed E-state index contributed by atoms with van der Waals surface area (Å²) < 4.78 is 61.4. The maximum absolute atomic E-state index is 13.8. The molecule has 1 N–H and O–H groups in total. The Morgan fingerprint density at radius 3 is 2.70 bits per heavy atom. The smallest absolute Gasteiger partial charge is 0.422 e. The molecule has 1 amide bonds. The van der Waals surface area contributed by atoms with Crippen molar-refractivity contribution in [3.63, 3.8) is 0 Å². The Hall–Kier alpha value is -3.36. The molecule has 0 aliphatic carbocycles. The maximum atomic E-state index is 13.8. The second-order valence-electron chi connectivity index (χ2n) is 6.55. The van der Waals surface area contributed by atoms with Crippen LogP contribution in [0.4, 0.5) is 23.2 Å². The lowest BCUT2D eigenvalue weighted by Crippen LogP contribution is -2.20. The van der Waals surface area contributed by atoms with Crippen LogP contribution in [0.2, 0.25) is 0 Å². The number of carbonyl (C=O) groups excluding carboxylic acids is 1. The number of aryl methyl sites for hydroxylation is 2. The molecule has 0 saturated carbocycles. The number of anilines is 1. The summed E-state index contributed by atoms with van der Waals surface area (Å²) in [7, 11) is 0. The summed E-state index contributed by atoms with van der Waals surface area (Å²) in [6.45, 7) is 0.232. The number of hydrogen-bond donors (Lipinski definition) is 1. The number of ether oxygens (including phenoxy) is 1. The van der Waals surface area contributed by atoms with E-state index in [9.17, 15) is 22.4 Å². The molecule has 3 aromatic rings. The SMILES string of the molecule is Cc1ccc(NC(=O)CCc2ncc(-c3ccccc3F)o2)c(OCC(F)(F)F)c1. The van der Waals surface area contributed by atoms with Crippen LogP contribution in [-0.2, 0) is 11.2 Å². The van der Waals surface area contributed by atoms with Gasteiger partial charge in [0.1, 0.15) is 11.6 Å². The molecule has 0 fully saturated rings. The lowest BCUT2D eigenvalue weighted by molar-refractivity contribution is -0.153. The van der Waals surface area contributed by atoms with Gasteiger partial charge in [-0.25, -0.2) is 9.37 Å². The van der Waals surface area contributed by atoms with E-state index < -0.39 is 24.5 Å². The Kier molecular flexibility index (Phi) is 6.39. The van der Waals surface area contributed by atoms with Crippen molar-refractivity contribution >= 4 is 11.6 Å². The van der Waals surface area contributed by atoms with Gasteiger partial charge in [0.25, 0.3) is 0 Å². The Balaban J connectivity index is 1.61. The van der Waals surface area contributed by atoms with Gasteiger partial charge in [-0.1, -0.05) is 18.2 Å². The van der Waals surface area contributed by atoms with Gasteiger partial charge in [-0.2, -0.15) is 13.2 Å². The van der Waals surface area contributed by atoms with E-state index >= 15 is 0 Å². The Morgan fingerprint density at radius 2 is 1.97 bits per heavy atom. The fraction of sp³-hybridized carbons (Fsp3) is 0.238. The summed E-state index contributed by atoms with van der Waals surface area (Å²) in [5, 5.41) is 2.53. The molecule has 2 aromatic carbocycles. The van der Waals surface area contributed by atoms with E-state index in [0.717, 1.165) is 0 Å². The van der Waals surface area contributed by atoms with Crippen LogP contribution in [0, 0.1) is 12.7 Å². The number of hydrogen-bond acceptors (Lipinski definition) is 4. The molecule has 1 aromatic heterocycles. The zero-order valence-corrected chi connectivity index (χ0v) is 15.9. The minimum Gasteiger partial charge on any atom is -0.482 e. The van der Waals surface area contributed by atoms with Gasteiger partial charge in [0, 0.05) is 12.8 Å². The third-order valence-corrected chi connectivity index (χ3v) is 4.06. The molecule has 30 heavy (non-hydrogen) atoms. The zero-order chi connectivity index (χ0) is 21.7. The normalized spacial score (nSPS) is 11.4. The van der Waals surface area contributed by atoms with Crippen LogP contribution in [-0.4, -0.2) is 23.7 Å². The van der Waals surface area contributed by atoms with Crippen molar-refractivity contribution in [2.45, 2.75) is 25.9 Å². The van der Waals surface area contributed by atoms with Crippen molar-refractivity contribution in [3.05, 3.63) is 65.9 Å². The third-order valence-electron chi connectivity index (χ3n) is 4.06. The van der Waals surface area contributed by atoms with Crippen molar-refractivity contribution in [2.75, 3.05) is 11.9 Å². The van der Waals surface area contributed by atoms with E-state index in [1.54, 1.807) is 31.2 Å². The number of rotatable bonds is 7. The Bertz CT molecular complexity index is 1030. The first-order valence-corrected chi connectivity index (χ1v) is 9.01. The molecule has 5 nitrogen and oxygen atoms in total. The highest BCUT2D eigenvalue weighted by Crippen LogP contribution is 2.28. The summed E-state index contributed by atoms with van der Waals surface area (Å²) >= 11 is 0. The zero-order valence-electron chi connectivity index (χ0n) is 15.9. The van der Waals surface area contributed by atoms with Gasteiger partial charge in [0.05, 0.1) is 17.4 Å². The number of carbonyl (C=O) groups is 1. The molecule has 3 rings (SSSR count). The predicted octanol–water partition coefficient (Wildman–Crippen LogP) is 5.30. The van der Waals surface area contributed by atoms with Crippen LogP contribution in [0.3, 0.4) is 0 Å². The second-order valence-corrected chi connectivity index (χ2v) is 6.55. The van der Waals surface area contributed by atoms with Crippen molar-refractivity contribution < 1.29 is 31.5 Å². The van der Waals surface area contributed by atoms with Crippen LogP contribution in [0.5, 0.6) is 5.75 Å². The maximum Gasteiger partial charge on any atom is 0.422 e. The van der Waals surface area contributed by atoms with Gasteiger partial charge in [-0.15, -0.1) is 0 Å². The number of amides is 1. The monoisotopic (exact) mass is 422 g/mol. The second kappa shape index (κ2) is 8.98. The molecule has 0 radical (unpaired) electrons. The van der Waals surface area contributed by atoms with Crippen LogP contribution in [0.25, 0.3) is 11.3 Å². The molecule has 0 bridgehead atoms. The molecule has 158 valence electrons. The Labute approximate surface area is 169 Å². The number of oxazole rings is 1. The molecule has 1 heterocycles. The molecule has 9 heteroatoms. The number of nitrogens with zero attached hydrogens (tertiary/aromatic N) is 1. The minimum absolute atomic E-state index is 0.0379. The van der Waals surface area contributed by atoms with Crippen LogP contribution in [0.15, 0.2) is 53.1 Å². The average Bonchev–Trinajstić information content (AvgIpc) is 3.15. The molecule has 0 aliphatic rings. The number of halogens is 4. The predicted molar refractivity (Wildman–Crippen MR) is 102 cm³/mol. The van der Waals surface area contributed by atoms with Crippen LogP contribution in [0.1, 0.15) is 17.9 Å².